The highest BCUT2D eigenvalue weighted by atomic mass is 35.5. The Bertz CT molecular complexity index is 2010. The lowest BCUT2D eigenvalue weighted by atomic mass is 9.97. The number of primary amides is 1. The Morgan fingerprint density at radius 2 is 1.54 bits per heavy atom. The van der Waals surface area contributed by atoms with Gasteiger partial charge in [0.1, 0.15) is 30.0 Å². The van der Waals surface area contributed by atoms with Gasteiger partial charge in [0.15, 0.2) is 0 Å². The molecule has 14 nitrogen and oxygen atoms in total. The molecule has 57 heavy (non-hydrogen) atoms. The van der Waals surface area contributed by atoms with Gasteiger partial charge in [0, 0.05) is 49.6 Å². The van der Waals surface area contributed by atoms with Crippen LogP contribution in [0.25, 0.3) is 10.9 Å². The molecule has 0 bridgehead atoms. The zero-order chi connectivity index (χ0) is 40.7. The number of benzene rings is 3. The number of urea groups is 1. The Morgan fingerprint density at radius 3 is 2.28 bits per heavy atom. The van der Waals surface area contributed by atoms with Crippen molar-refractivity contribution in [1.29, 1.82) is 0 Å². The number of likely N-dealkylation sites (tertiary alicyclic amines) is 1. The summed E-state index contributed by atoms with van der Waals surface area (Å²) in [5.74, 6) is -2.84. The molecule has 3 aromatic carbocycles. The van der Waals surface area contributed by atoms with Crippen LogP contribution in [-0.4, -0.2) is 88.6 Å². The summed E-state index contributed by atoms with van der Waals surface area (Å²) >= 11 is 5.82. The van der Waals surface area contributed by atoms with E-state index < -0.39 is 59.7 Å². The van der Waals surface area contributed by atoms with E-state index in [4.69, 9.17) is 17.3 Å². The summed E-state index contributed by atoms with van der Waals surface area (Å²) in [6.07, 6.45) is 4.21. The number of nitrogens with two attached hydrogens (primary N) is 1. The van der Waals surface area contributed by atoms with Crippen molar-refractivity contribution in [2.24, 2.45) is 5.73 Å². The van der Waals surface area contributed by atoms with Crippen LogP contribution in [-0.2, 0) is 43.4 Å². The van der Waals surface area contributed by atoms with Crippen LogP contribution in [0.5, 0.6) is 0 Å². The maximum atomic E-state index is 14.3. The van der Waals surface area contributed by atoms with Crippen LogP contribution in [0, 0.1) is 6.92 Å². The number of nitrogens with zero attached hydrogens (tertiary/aromatic N) is 1. The fraction of sp³-hybridized carbons (Fsp3) is 0.381. The van der Waals surface area contributed by atoms with Gasteiger partial charge in [0.25, 0.3) is 0 Å². The number of H-pyrrole nitrogens is 1. The Hall–Kier alpha value is -5.89. The van der Waals surface area contributed by atoms with E-state index in [2.05, 4.69) is 31.6 Å². The lowest BCUT2D eigenvalue weighted by molar-refractivity contribution is -0.145. The Kier molecular flexibility index (Phi) is 15.5. The number of para-hydroxylation sites is 1. The van der Waals surface area contributed by atoms with E-state index in [1.807, 2.05) is 85.8 Å². The average Bonchev–Trinajstić information content (AvgIpc) is 3.63. The summed E-state index contributed by atoms with van der Waals surface area (Å²) in [5.41, 5.74) is 9.62. The number of aryl methyl sites for hydroxylation is 1. The fourth-order valence-corrected chi connectivity index (χ4v) is 7.10. The van der Waals surface area contributed by atoms with Crippen molar-refractivity contribution >= 4 is 58.1 Å². The molecule has 0 spiro atoms. The van der Waals surface area contributed by atoms with Gasteiger partial charge in [0.05, 0.1) is 0 Å². The summed E-state index contributed by atoms with van der Waals surface area (Å²) in [7, 11) is 0. The lowest BCUT2D eigenvalue weighted by Gasteiger charge is -2.37. The molecule has 1 fully saturated rings. The van der Waals surface area contributed by atoms with Gasteiger partial charge in [-0.25, -0.2) is 4.79 Å². The van der Waals surface area contributed by atoms with Gasteiger partial charge in [-0.05, 0) is 61.8 Å². The average molecular weight is 799 g/mol. The molecule has 5 rings (SSSR count). The molecule has 4 aromatic rings. The first kappa shape index (κ1) is 42.3. The molecule has 302 valence electrons. The summed E-state index contributed by atoms with van der Waals surface area (Å²) in [6, 6.07) is 19.7. The number of aromatic nitrogens is 1. The Balaban J connectivity index is 1.38. The second kappa shape index (κ2) is 20.9. The van der Waals surface area contributed by atoms with Crippen molar-refractivity contribution in [1.82, 2.24) is 36.5 Å². The molecule has 1 aromatic heterocycles. The summed E-state index contributed by atoms with van der Waals surface area (Å²) in [6.45, 7) is 2.66. The molecule has 4 atom stereocenters. The molecule has 2 heterocycles. The minimum atomic E-state index is -1.15. The van der Waals surface area contributed by atoms with Crippen molar-refractivity contribution < 1.29 is 28.8 Å². The van der Waals surface area contributed by atoms with Crippen LogP contribution in [0.15, 0.2) is 85.1 Å². The molecule has 7 amide bonds. The number of alkyl halides is 1. The minimum Gasteiger partial charge on any atom is -0.361 e. The van der Waals surface area contributed by atoms with Crippen LogP contribution in [0.2, 0.25) is 0 Å². The number of aromatic amines is 1. The van der Waals surface area contributed by atoms with E-state index in [-0.39, 0.29) is 44.8 Å². The smallest absolute Gasteiger partial charge is 0.312 e. The van der Waals surface area contributed by atoms with E-state index in [0.29, 0.717) is 25.7 Å². The lowest BCUT2D eigenvalue weighted by Crippen LogP contribution is -2.61. The number of rotatable bonds is 18. The first-order valence-corrected chi connectivity index (χ1v) is 19.8. The number of amides is 7. The number of nitrogens with one attached hydrogen (secondary N) is 6. The van der Waals surface area contributed by atoms with Crippen LogP contribution in [0.1, 0.15) is 54.4 Å². The highest BCUT2D eigenvalue weighted by Gasteiger charge is 2.38. The standard InChI is InChI=1S/C42H51ClN8O6/c1-27-16-18-29(19-17-27)25-47-38(53)33(14-9-20-45-42(44)57)49-39(54)34(23-30-26-46-32-13-6-5-12-31(30)32)50-40(55)36-15-7-8-21-51(36)41(56)35(48-37(52)24-43)22-28-10-3-2-4-11-28/h2-6,10-13,16-19,26,33-36,46H,7-9,14-15,20-25H2,1H3,(H,47,53)(H,48,52)(H,49,54)(H,50,55)(H3,44,45,57)/t33-,34-,35-,36-/m0/s1. The van der Waals surface area contributed by atoms with E-state index in [1.165, 1.54) is 4.90 Å². The SMILES string of the molecule is Cc1ccc(CNC(=O)[C@H](CCCNC(N)=O)NC(=O)[C@H](Cc2c[nH]c3ccccc23)NC(=O)[C@@H]2CCCCN2C(=O)[C@H](Cc2ccccc2)NC(=O)CCl)cc1. The van der Waals surface area contributed by atoms with Crippen molar-refractivity contribution in [3.8, 4) is 0 Å². The third kappa shape index (κ3) is 12.3. The maximum Gasteiger partial charge on any atom is 0.312 e. The van der Waals surface area contributed by atoms with Crippen molar-refractivity contribution in [2.45, 2.75) is 82.6 Å². The zero-order valence-electron chi connectivity index (χ0n) is 32.0. The van der Waals surface area contributed by atoms with Crippen LogP contribution >= 0.6 is 11.6 Å². The van der Waals surface area contributed by atoms with Crippen molar-refractivity contribution in [3.63, 3.8) is 0 Å². The van der Waals surface area contributed by atoms with E-state index in [0.717, 1.165) is 33.2 Å². The number of carbonyl (C=O) groups is 6. The van der Waals surface area contributed by atoms with Gasteiger partial charge in [-0.3, -0.25) is 24.0 Å². The molecular formula is C42H51ClN8O6. The summed E-state index contributed by atoms with van der Waals surface area (Å²) in [5, 5.41) is 14.8. The fourth-order valence-electron chi connectivity index (χ4n) is 7.03. The highest BCUT2D eigenvalue weighted by molar-refractivity contribution is 6.27. The van der Waals surface area contributed by atoms with Crippen molar-refractivity contribution in [2.75, 3.05) is 19.0 Å². The molecule has 0 unspecified atom stereocenters. The summed E-state index contributed by atoms with van der Waals surface area (Å²) in [4.78, 5) is 84.9. The number of hydrogen-bond donors (Lipinski definition) is 7. The molecule has 15 heteroatoms. The monoisotopic (exact) mass is 798 g/mol. The molecule has 8 N–H and O–H groups in total. The molecule has 1 aliphatic rings. The summed E-state index contributed by atoms with van der Waals surface area (Å²) < 4.78 is 0. The quantitative estimate of drug-likeness (QED) is 0.0595. The molecule has 1 saturated heterocycles. The van der Waals surface area contributed by atoms with Gasteiger partial charge >= 0.3 is 6.03 Å². The van der Waals surface area contributed by atoms with Gasteiger partial charge in [0.2, 0.25) is 29.5 Å². The molecule has 0 radical (unpaired) electrons. The van der Waals surface area contributed by atoms with Gasteiger partial charge in [-0.2, -0.15) is 0 Å². The number of halogens is 1. The van der Waals surface area contributed by atoms with Gasteiger partial charge in [-0.15, -0.1) is 11.6 Å². The van der Waals surface area contributed by atoms with Gasteiger partial charge < -0.3 is 42.2 Å². The third-order valence-corrected chi connectivity index (χ3v) is 10.3. The Labute approximate surface area is 337 Å². The predicted octanol–water partition coefficient (Wildman–Crippen LogP) is 3.10. The largest absolute Gasteiger partial charge is 0.361 e. The van der Waals surface area contributed by atoms with E-state index >= 15 is 0 Å². The molecule has 0 saturated carbocycles. The number of piperidine rings is 1. The topological polar surface area (TPSA) is 208 Å². The zero-order valence-corrected chi connectivity index (χ0v) is 32.8. The number of hydrogen-bond acceptors (Lipinski definition) is 6. The molecular weight excluding hydrogens is 748 g/mol. The number of carbonyl (C=O) groups excluding carboxylic acids is 6. The van der Waals surface area contributed by atoms with Crippen LogP contribution in [0.3, 0.4) is 0 Å². The second-order valence-corrected chi connectivity index (χ2v) is 14.6. The molecule has 0 aliphatic carbocycles. The van der Waals surface area contributed by atoms with Crippen molar-refractivity contribution in [3.05, 3.63) is 107 Å². The minimum absolute atomic E-state index is 0.0750. The molecule has 1 aliphatic heterocycles. The van der Waals surface area contributed by atoms with Crippen LogP contribution < -0.4 is 32.3 Å². The van der Waals surface area contributed by atoms with Crippen LogP contribution in [0.4, 0.5) is 4.79 Å². The van der Waals surface area contributed by atoms with E-state index in [1.54, 1.807) is 6.20 Å². The predicted molar refractivity (Wildman–Crippen MR) is 218 cm³/mol. The maximum absolute atomic E-state index is 14.3. The number of fused-ring (bicyclic) bond motifs is 1. The second-order valence-electron chi connectivity index (χ2n) is 14.3. The first-order chi connectivity index (χ1) is 27.5. The van der Waals surface area contributed by atoms with E-state index in [9.17, 15) is 28.8 Å². The Morgan fingerprint density at radius 1 is 0.807 bits per heavy atom. The third-order valence-electron chi connectivity index (χ3n) is 10.0. The first-order valence-electron chi connectivity index (χ1n) is 19.2. The van der Waals surface area contributed by atoms with Gasteiger partial charge in [-0.1, -0.05) is 78.4 Å². The normalized spacial score (nSPS) is 15.5. The highest BCUT2D eigenvalue weighted by Crippen LogP contribution is 2.22.